The summed E-state index contributed by atoms with van der Waals surface area (Å²) in [4.78, 5) is 24.3. The number of methoxy groups -OCH3 is 1. The average Bonchev–Trinajstić information content (AvgIpc) is 2.77. The van der Waals surface area contributed by atoms with Crippen molar-refractivity contribution >= 4 is 11.9 Å². The standard InChI is InChI=1S/C23H21NO5/c1-27-21-13-6-5-8-18(21)15-24-22(25)16-28-23(26)17-9-7-12-20(14-17)29-19-10-3-2-4-11-19/h2-14H,15-16H2,1H3,(H,24,25). The summed E-state index contributed by atoms with van der Waals surface area (Å²) in [6, 6.07) is 23.2. The van der Waals surface area contributed by atoms with Gasteiger partial charge in [0.25, 0.3) is 5.91 Å². The summed E-state index contributed by atoms with van der Waals surface area (Å²) >= 11 is 0. The maximum Gasteiger partial charge on any atom is 0.338 e. The van der Waals surface area contributed by atoms with Gasteiger partial charge >= 0.3 is 5.97 Å². The number of esters is 1. The van der Waals surface area contributed by atoms with Crippen LogP contribution in [0.1, 0.15) is 15.9 Å². The molecule has 0 bridgehead atoms. The van der Waals surface area contributed by atoms with Crippen molar-refractivity contribution in [3.63, 3.8) is 0 Å². The second kappa shape index (κ2) is 9.94. The number of ether oxygens (including phenoxy) is 3. The lowest BCUT2D eigenvalue weighted by molar-refractivity contribution is -0.124. The maximum absolute atomic E-state index is 12.3. The first-order chi connectivity index (χ1) is 14.2. The molecule has 0 unspecified atom stereocenters. The highest BCUT2D eigenvalue weighted by atomic mass is 16.5. The number of para-hydroxylation sites is 2. The van der Waals surface area contributed by atoms with Crippen LogP contribution in [-0.4, -0.2) is 25.6 Å². The predicted octanol–water partition coefficient (Wildman–Crippen LogP) is 3.96. The van der Waals surface area contributed by atoms with Crippen LogP contribution >= 0.6 is 0 Å². The van der Waals surface area contributed by atoms with Gasteiger partial charge in [0, 0.05) is 12.1 Å². The smallest absolute Gasteiger partial charge is 0.338 e. The van der Waals surface area contributed by atoms with E-state index in [9.17, 15) is 9.59 Å². The fraction of sp³-hybridized carbons (Fsp3) is 0.130. The Labute approximate surface area is 169 Å². The monoisotopic (exact) mass is 391 g/mol. The van der Waals surface area contributed by atoms with Crippen molar-refractivity contribution in [2.75, 3.05) is 13.7 Å². The third-order valence-electron chi connectivity index (χ3n) is 4.05. The molecular weight excluding hydrogens is 370 g/mol. The molecule has 0 radical (unpaired) electrons. The third kappa shape index (κ3) is 5.84. The molecule has 6 heteroatoms. The topological polar surface area (TPSA) is 73.9 Å². The van der Waals surface area contributed by atoms with Crippen molar-refractivity contribution in [1.29, 1.82) is 0 Å². The van der Waals surface area contributed by atoms with Crippen LogP contribution in [-0.2, 0) is 16.1 Å². The van der Waals surface area contributed by atoms with Crippen LogP contribution in [0.5, 0.6) is 17.2 Å². The summed E-state index contributed by atoms with van der Waals surface area (Å²) in [6.45, 7) is -0.0987. The first kappa shape index (κ1) is 19.9. The van der Waals surface area contributed by atoms with Crippen LogP contribution in [0.15, 0.2) is 78.9 Å². The second-order valence-corrected chi connectivity index (χ2v) is 6.11. The van der Waals surface area contributed by atoms with Crippen LogP contribution in [0.2, 0.25) is 0 Å². The van der Waals surface area contributed by atoms with E-state index in [1.165, 1.54) is 0 Å². The highest BCUT2D eigenvalue weighted by molar-refractivity contribution is 5.91. The SMILES string of the molecule is COc1ccccc1CNC(=O)COC(=O)c1cccc(Oc2ccccc2)c1. The van der Waals surface area contributed by atoms with Crippen molar-refractivity contribution < 1.29 is 23.8 Å². The minimum absolute atomic E-state index is 0.279. The molecule has 6 nitrogen and oxygen atoms in total. The molecule has 0 saturated carbocycles. The van der Waals surface area contributed by atoms with E-state index in [4.69, 9.17) is 14.2 Å². The molecule has 1 amide bonds. The zero-order valence-corrected chi connectivity index (χ0v) is 16.0. The molecule has 0 aliphatic carbocycles. The van der Waals surface area contributed by atoms with E-state index in [2.05, 4.69) is 5.32 Å². The van der Waals surface area contributed by atoms with Crippen LogP contribution in [0.3, 0.4) is 0 Å². The molecule has 0 spiro atoms. The van der Waals surface area contributed by atoms with Crippen molar-refractivity contribution in [2.45, 2.75) is 6.54 Å². The van der Waals surface area contributed by atoms with Crippen molar-refractivity contribution in [3.05, 3.63) is 90.0 Å². The summed E-state index contributed by atoms with van der Waals surface area (Å²) in [5, 5.41) is 2.70. The molecule has 0 fully saturated rings. The highest BCUT2D eigenvalue weighted by Gasteiger charge is 2.12. The van der Waals surface area contributed by atoms with E-state index in [1.54, 1.807) is 31.4 Å². The van der Waals surface area contributed by atoms with Gasteiger partial charge < -0.3 is 19.5 Å². The van der Waals surface area contributed by atoms with Gasteiger partial charge in [0.2, 0.25) is 0 Å². The number of amides is 1. The van der Waals surface area contributed by atoms with Gasteiger partial charge in [-0.3, -0.25) is 4.79 Å². The molecule has 0 atom stereocenters. The molecule has 0 heterocycles. The quantitative estimate of drug-likeness (QED) is 0.589. The molecule has 0 aliphatic rings. The van der Waals surface area contributed by atoms with Crippen molar-refractivity contribution in [2.24, 2.45) is 0 Å². The van der Waals surface area contributed by atoms with Gasteiger partial charge in [0.15, 0.2) is 6.61 Å². The number of carbonyl (C=O) groups is 2. The number of hydrogen-bond donors (Lipinski definition) is 1. The first-order valence-corrected chi connectivity index (χ1v) is 9.04. The van der Waals surface area contributed by atoms with Gasteiger partial charge in [-0.15, -0.1) is 0 Å². The largest absolute Gasteiger partial charge is 0.496 e. The van der Waals surface area contributed by atoms with Crippen LogP contribution < -0.4 is 14.8 Å². The summed E-state index contributed by atoms with van der Waals surface area (Å²) in [7, 11) is 1.57. The summed E-state index contributed by atoms with van der Waals surface area (Å²) in [6.07, 6.45) is 0. The van der Waals surface area contributed by atoms with Gasteiger partial charge in [-0.1, -0.05) is 42.5 Å². The predicted molar refractivity (Wildman–Crippen MR) is 108 cm³/mol. The van der Waals surface area contributed by atoms with E-state index >= 15 is 0 Å². The van der Waals surface area contributed by atoms with E-state index in [-0.39, 0.29) is 13.2 Å². The van der Waals surface area contributed by atoms with Crippen LogP contribution in [0.25, 0.3) is 0 Å². The van der Waals surface area contributed by atoms with Gasteiger partial charge in [-0.25, -0.2) is 4.79 Å². The van der Waals surface area contributed by atoms with E-state index in [1.807, 2.05) is 54.6 Å². The number of hydrogen-bond acceptors (Lipinski definition) is 5. The number of nitrogens with one attached hydrogen (secondary N) is 1. The Balaban J connectivity index is 1.51. The first-order valence-electron chi connectivity index (χ1n) is 9.04. The van der Waals surface area contributed by atoms with Crippen molar-refractivity contribution in [1.82, 2.24) is 5.32 Å². The maximum atomic E-state index is 12.3. The van der Waals surface area contributed by atoms with E-state index in [0.29, 0.717) is 22.8 Å². The number of benzene rings is 3. The summed E-state index contributed by atoms with van der Waals surface area (Å²) < 4.78 is 16.0. The molecule has 1 N–H and O–H groups in total. The molecule has 29 heavy (non-hydrogen) atoms. The molecule has 3 aromatic rings. The summed E-state index contributed by atoms with van der Waals surface area (Å²) in [5.74, 6) is 0.844. The fourth-order valence-electron chi connectivity index (χ4n) is 2.62. The number of rotatable bonds is 8. The van der Waals surface area contributed by atoms with Crippen molar-refractivity contribution in [3.8, 4) is 17.2 Å². The van der Waals surface area contributed by atoms with E-state index in [0.717, 1.165) is 5.56 Å². The Morgan fingerprint density at radius 1 is 0.862 bits per heavy atom. The lowest BCUT2D eigenvalue weighted by atomic mass is 10.2. The summed E-state index contributed by atoms with van der Waals surface area (Å²) in [5.41, 5.74) is 1.14. The average molecular weight is 391 g/mol. The highest BCUT2D eigenvalue weighted by Crippen LogP contribution is 2.22. The van der Waals surface area contributed by atoms with Crippen LogP contribution in [0, 0.1) is 0 Å². The minimum atomic E-state index is -0.601. The van der Waals surface area contributed by atoms with Gasteiger partial charge in [-0.2, -0.15) is 0 Å². The Bertz CT molecular complexity index is 972. The fourth-order valence-corrected chi connectivity index (χ4v) is 2.62. The number of carbonyl (C=O) groups excluding carboxylic acids is 2. The molecule has 0 saturated heterocycles. The Morgan fingerprint density at radius 3 is 2.38 bits per heavy atom. The molecular formula is C23H21NO5. The Morgan fingerprint density at radius 2 is 1.59 bits per heavy atom. The van der Waals surface area contributed by atoms with Gasteiger partial charge in [0.05, 0.1) is 12.7 Å². The lowest BCUT2D eigenvalue weighted by Crippen LogP contribution is -2.28. The third-order valence-corrected chi connectivity index (χ3v) is 4.05. The van der Waals surface area contributed by atoms with E-state index < -0.39 is 11.9 Å². The molecule has 148 valence electrons. The Hall–Kier alpha value is -3.80. The van der Waals surface area contributed by atoms with Gasteiger partial charge in [-0.05, 0) is 36.4 Å². The zero-order chi connectivity index (χ0) is 20.5. The lowest BCUT2D eigenvalue weighted by Gasteiger charge is -2.10. The zero-order valence-electron chi connectivity index (χ0n) is 16.0. The molecule has 3 aromatic carbocycles. The minimum Gasteiger partial charge on any atom is -0.496 e. The Kier molecular flexibility index (Phi) is 6.84. The molecule has 0 aliphatic heterocycles. The van der Waals surface area contributed by atoms with Gasteiger partial charge in [0.1, 0.15) is 17.2 Å². The molecule has 0 aromatic heterocycles. The molecule has 3 rings (SSSR count). The van der Waals surface area contributed by atoms with Crippen LogP contribution in [0.4, 0.5) is 0 Å². The normalized spacial score (nSPS) is 10.1. The second-order valence-electron chi connectivity index (χ2n) is 6.11.